The molecule has 0 bridgehead atoms. The summed E-state index contributed by atoms with van der Waals surface area (Å²) in [6.07, 6.45) is 0. The van der Waals surface area contributed by atoms with E-state index in [0.29, 0.717) is 5.56 Å². The Kier molecular flexibility index (Phi) is 4.94. The van der Waals surface area contributed by atoms with Crippen LogP contribution in [0.2, 0.25) is 0 Å². The van der Waals surface area contributed by atoms with Crippen molar-refractivity contribution in [3.8, 4) is 0 Å². The van der Waals surface area contributed by atoms with E-state index < -0.39 is 0 Å². The Hall–Kier alpha value is -2.62. The number of aryl methyl sites for hydroxylation is 3. The van der Waals surface area contributed by atoms with Gasteiger partial charge in [0.1, 0.15) is 0 Å². The molecule has 2 rings (SSSR count). The van der Waals surface area contributed by atoms with E-state index >= 15 is 0 Å². The van der Waals surface area contributed by atoms with E-state index in [4.69, 9.17) is 0 Å². The molecule has 22 heavy (non-hydrogen) atoms. The molecule has 0 aliphatic heterocycles. The van der Waals surface area contributed by atoms with Crippen molar-refractivity contribution in [2.75, 3.05) is 11.9 Å². The summed E-state index contributed by atoms with van der Waals surface area (Å²) in [5.41, 5.74) is 4.37. The molecule has 0 saturated carbocycles. The van der Waals surface area contributed by atoms with E-state index in [2.05, 4.69) is 10.6 Å². The maximum atomic E-state index is 12.0. The van der Waals surface area contributed by atoms with Crippen LogP contribution >= 0.6 is 0 Å². The molecule has 0 heterocycles. The van der Waals surface area contributed by atoms with Crippen LogP contribution in [-0.4, -0.2) is 18.4 Å². The highest BCUT2D eigenvalue weighted by atomic mass is 16.2. The summed E-state index contributed by atoms with van der Waals surface area (Å²) in [6.45, 7) is 5.75. The largest absolute Gasteiger partial charge is 0.343 e. The van der Waals surface area contributed by atoms with Gasteiger partial charge in [0, 0.05) is 11.3 Å². The van der Waals surface area contributed by atoms with Gasteiger partial charge in [0.15, 0.2) is 0 Å². The molecule has 4 heteroatoms. The zero-order valence-corrected chi connectivity index (χ0v) is 13.1. The predicted octanol–water partition coefficient (Wildman–Crippen LogP) is 2.98. The lowest BCUT2D eigenvalue weighted by molar-refractivity contribution is -0.115. The van der Waals surface area contributed by atoms with Crippen LogP contribution in [0.3, 0.4) is 0 Å². The van der Waals surface area contributed by atoms with Gasteiger partial charge < -0.3 is 10.6 Å². The molecule has 0 unspecified atom stereocenters. The molecule has 0 aliphatic carbocycles. The number of anilines is 1. The maximum Gasteiger partial charge on any atom is 0.251 e. The number of carbonyl (C=O) groups is 2. The molecule has 114 valence electrons. The van der Waals surface area contributed by atoms with Gasteiger partial charge in [-0.1, -0.05) is 35.9 Å². The van der Waals surface area contributed by atoms with Gasteiger partial charge in [0.2, 0.25) is 5.91 Å². The van der Waals surface area contributed by atoms with E-state index in [1.165, 1.54) is 0 Å². The van der Waals surface area contributed by atoms with Crippen LogP contribution < -0.4 is 10.6 Å². The van der Waals surface area contributed by atoms with Crippen LogP contribution in [0, 0.1) is 20.8 Å². The topological polar surface area (TPSA) is 58.2 Å². The quantitative estimate of drug-likeness (QED) is 0.911. The average molecular weight is 296 g/mol. The molecule has 2 N–H and O–H groups in total. The van der Waals surface area contributed by atoms with Gasteiger partial charge in [-0.25, -0.2) is 0 Å². The SMILES string of the molecule is Cc1ccc(NC(=O)CNC(=O)c2ccccc2C)c(C)c1. The predicted molar refractivity (Wildman–Crippen MR) is 88.1 cm³/mol. The van der Waals surface area contributed by atoms with Crippen molar-refractivity contribution < 1.29 is 9.59 Å². The van der Waals surface area contributed by atoms with E-state index in [1.54, 1.807) is 12.1 Å². The molecule has 0 atom stereocenters. The Morgan fingerprint density at radius 3 is 2.36 bits per heavy atom. The number of carbonyl (C=O) groups excluding carboxylic acids is 2. The highest BCUT2D eigenvalue weighted by Crippen LogP contribution is 2.15. The summed E-state index contributed by atoms with van der Waals surface area (Å²) >= 11 is 0. The fourth-order valence-electron chi connectivity index (χ4n) is 2.23. The fourth-order valence-corrected chi connectivity index (χ4v) is 2.23. The van der Waals surface area contributed by atoms with Crippen LogP contribution in [0.4, 0.5) is 5.69 Å². The summed E-state index contributed by atoms with van der Waals surface area (Å²) in [5.74, 6) is -0.484. The molecule has 2 aromatic rings. The highest BCUT2D eigenvalue weighted by molar-refractivity contribution is 6.00. The van der Waals surface area contributed by atoms with Crippen molar-refractivity contribution in [2.24, 2.45) is 0 Å². The van der Waals surface area contributed by atoms with Crippen molar-refractivity contribution in [3.05, 3.63) is 64.7 Å². The van der Waals surface area contributed by atoms with Crippen molar-refractivity contribution in [1.82, 2.24) is 5.32 Å². The number of nitrogens with one attached hydrogen (secondary N) is 2. The standard InChI is InChI=1S/C18H20N2O2/c1-12-8-9-16(14(3)10-12)20-17(21)11-19-18(22)15-7-5-4-6-13(15)2/h4-10H,11H2,1-3H3,(H,19,22)(H,20,21). The second kappa shape index (κ2) is 6.89. The van der Waals surface area contributed by atoms with Gasteiger partial charge in [-0.05, 0) is 44.0 Å². The highest BCUT2D eigenvalue weighted by Gasteiger charge is 2.10. The maximum absolute atomic E-state index is 12.0. The van der Waals surface area contributed by atoms with Crippen LogP contribution in [0.5, 0.6) is 0 Å². The fraction of sp³-hybridized carbons (Fsp3) is 0.222. The third-order valence-corrected chi connectivity index (χ3v) is 3.46. The first-order chi connectivity index (χ1) is 10.5. The smallest absolute Gasteiger partial charge is 0.251 e. The second-order valence-electron chi connectivity index (χ2n) is 5.36. The summed E-state index contributed by atoms with van der Waals surface area (Å²) in [4.78, 5) is 24.0. The van der Waals surface area contributed by atoms with Crippen molar-refractivity contribution in [2.45, 2.75) is 20.8 Å². The zero-order chi connectivity index (χ0) is 16.1. The zero-order valence-electron chi connectivity index (χ0n) is 13.1. The monoisotopic (exact) mass is 296 g/mol. The molecule has 0 spiro atoms. The number of hydrogen-bond acceptors (Lipinski definition) is 2. The molecule has 2 aromatic carbocycles. The van der Waals surface area contributed by atoms with Gasteiger partial charge >= 0.3 is 0 Å². The van der Waals surface area contributed by atoms with E-state index in [1.807, 2.05) is 51.1 Å². The van der Waals surface area contributed by atoms with Crippen molar-refractivity contribution >= 4 is 17.5 Å². The van der Waals surface area contributed by atoms with E-state index in [9.17, 15) is 9.59 Å². The summed E-state index contributed by atoms with van der Waals surface area (Å²) in [5, 5.41) is 5.44. The van der Waals surface area contributed by atoms with Crippen LogP contribution in [0.1, 0.15) is 27.0 Å². The first-order valence-electron chi connectivity index (χ1n) is 7.18. The molecule has 0 saturated heterocycles. The molecule has 4 nitrogen and oxygen atoms in total. The van der Waals surface area contributed by atoms with Crippen molar-refractivity contribution in [3.63, 3.8) is 0 Å². The molecular weight excluding hydrogens is 276 g/mol. The minimum Gasteiger partial charge on any atom is -0.343 e. The molecule has 0 radical (unpaired) electrons. The molecule has 0 fully saturated rings. The minimum absolute atomic E-state index is 0.0551. The lowest BCUT2D eigenvalue weighted by Gasteiger charge is -2.10. The Labute approximate surface area is 130 Å². The molecule has 2 amide bonds. The Balaban J connectivity index is 1.93. The summed E-state index contributed by atoms with van der Waals surface area (Å²) < 4.78 is 0. The minimum atomic E-state index is -0.242. The first-order valence-corrected chi connectivity index (χ1v) is 7.18. The third kappa shape index (κ3) is 3.95. The Bertz CT molecular complexity index is 708. The number of benzene rings is 2. The molecular formula is C18H20N2O2. The van der Waals surface area contributed by atoms with Crippen LogP contribution in [0.15, 0.2) is 42.5 Å². The summed E-state index contributed by atoms with van der Waals surface area (Å²) in [6, 6.07) is 13.1. The first kappa shape index (κ1) is 15.8. The Morgan fingerprint density at radius 1 is 0.955 bits per heavy atom. The Morgan fingerprint density at radius 2 is 1.68 bits per heavy atom. The second-order valence-corrected chi connectivity index (χ2v) is 5.36. The van der Waals surface area contributed by atoms with E-state index in [-0.39, 0.29) is 18.4 Å². The third-order valence-electron chi connectivity index (χ3n) is 3.46. The number of rotatable bonds is 4. The van der Waals surface area contributed by atoms with Gasteiger partial charge in [-0.2, -0.15) is 0 Å². The normalized spacial score (nSPS) is 10.1. The van der Waals surface area contributed by atoms with Gasteiger partial charge in [-0.3, -0.25) is 9.59 Å². The van der Waals surface area contributed by atoms with Crippen molar-refractivity contribution in [1.29, 1.82) is 0 Å². The molecule has 0 aromatic heterocycles. The average Bonchev–Trinajstić information content (AvgIpc) is 2.48. The molecule has 0 aliphatic rings. The van der Waals surface area contributed by atoms with Gasteiger partial charge in [0.25, 0.3) is 5.91 Å². The van der Waals surface area contributed by atoms with Crippen LogP contribution in [0.25, 0.3) is 0 Å². The lowest BCUT2D eigenvalue weighted by Crippen LogP contribution is -2.33. The lowest BCUT2D eigenvalue weighted by atomic mass is 10.1. The van der Waals surface area contributed by atoms with Gasteiger partial charge in [0.05, 0.1) is 6.54 Å². The van der Waals surface area contributed by atoms with Crippen LogP contribution in [-0.2, 0) is 4.79 Å². The van der Waals surface area contributed by atoms with E-state index in [0.717, 1.165) is 22.4 Å². The number of hydrogen-bond donors (Lipinski definition) is 2. The van der Waals surface area contributed by atoms with Gasteiger partial charge in [-0.15, -0.1) is 0 Å². The number of amides is 2. The summed E-state index contributed by atoms with van der Waals surface area (Å²) in [7, 11) is 0.